The van der Waals surface area contributed by atoms with Gasteiger partial charge in [-0.25, -0.2) is 0 Å². The second-order valence-corrected chi connectivity index (χ2v) is 6.97. The summed E-state index contributed by atoms with van der Waals surface area (Å²) in [5.41, 5.74) is 1.41. The summed E-state index contributed by atoms with van der Waals surface area (Å²) in [4.78, 5) is 0. The Bertz CT molecular complexity index is 393. The van der Waals surface area contributed by atoms with Crippen LogP contribution in [0.15, 0.2) is 30.3 Å². The van der Waals surface area contributed by atoms with Crippen LogP contribution in [0.1, 0.15) is 37.7 Å². The van der Waals surface area contributed by atoms with Crippen LogP contribution >= 0.6 is 0 Å². The average Bonchev–Trinajstić information content (AvgIpc) is 2.46. The van der Waals surface area contributed by atoms with E-state index in [1.54, 1.807) is 0 Å². The third-order valence-electron chi connectivity index (χ3n) is 4.06. The van der Waals surface area contributed by atoms with Gasteiger partial charge < -0.3 is 5.32 Å². The maximum atomic E-state index is 12.2. The Balaban J connectivity index is 2.12. The summed E-state index contributed by atoms with van der Waals surface area (Å²) < 4.78 is 12.2. The highest BCUT2D eigenvalue weighted by Gasteiger charge is 2.33. The van der Waals surface area contributed by atoms with Gasteiger partial charge in [-0.1, -0.05) is 37.3 Å². The van der Waals surface area contributed by atoms with Gasteiger partial charge in [0, 0.05) is 22.6 Å². The van der Waals surface area contributed by atoms with Crippen LogP contribution in [0.3, 0.4) is 0 Å². The number of nitrogens with one attached hydrogen (secondary N) is 1. The van der Waals surface area contributed by atoms with E-state index in [1.807, 2.05) is 14.0 Å². The van der Waals surface area contributed by atoms with Crippen LogP contribution in [-0.2, 0) is 10.8 Å². The van der Waals surface area contributed by atoms with Gasteiger partial charge in [0.1, 0.15) is 0 Å². The first-order valence-electron chi connectivity index (χ1n) is 6.85. The van der Waals surface area contributed by atoms with Gasteiger partial charge in [-0.3, -0.25) is 4.21 Å². The molecule has 1 aliphatic rings. The second-order valence-electron chi connectivity index (χ2n) is 5.02. The lowest BCUT2D eigenvalue weighted by Crippen LogP contribution is -2.44. The Kier molecular flexibility index (Phi) is 4.95. The summed E-state index contributed by atoms with van der Waals surface area (Å²) in [6.45, 7) is 2.02. The molecule has 0 bridgehead atoms. The number of rotatable bonds is 4. The highest BCUT2D eigenvalue weighted by molar-refractivity contribution is 7.85. The predicted molar refractivity (Wildman–Crippen MR) is 78.4 cm³/mol. The Morgan fingerprint density at radius 1 is 1.28 bits per heavy atom. The Morgan fingerprint density at radius 2 is 2.00 bits per heavy atom. The van der Waals surface area contributed by atoms with Crippen molar-refractivity contribution in [3.05, 3.63) is 35.9 Å². The van der Waals surface area contributed by atoms with Crippen LogP contribution in [0, 0.1) is 0 Å². The van der Waals surface area contributed by atoms with Crippen LogP contribution in [0.5, 0.6) is 0 Å². The zero-order valence-corrected chi connectivity index (χ0v) is 12.1. The Hall–Kier alpha value is -0.670. The average molecular weight is 265 g/mol. The van der Waals surface area contributed by atoms with E-state index in [0.29, 0.717) is 17.2 Å². The van der Waals surface area contributed by atoms with Crippen molar-refractivity contribution in [2.75, 3.05) is 12.8 Å². The molecule has 0 amide bonds. The third-order valence-corrected chi connectivity index (χ3v) is 5.82. The minimum absolute atomic E-state index is 0.305. The largest absolute Gasteiger partial charge is 0.316 e. The third kappa shape index (κ3) is 3.01. The van der Waals surface area contributed by atoms with Crippen LogP contribution < -0.4 is 5.32 Å². The quantitative estimate of drug-likeness (QED) is 0.907. The van der Waals surface area contributed by atoms with Crippen molar-refractivity contribution in [1.82, 2.24) is 5.32 Å². The van der Waals surface area contributed by atoms with E-state index in [-0.39, 0.29) is 0 Å². The Labute approximate surface area is 113 Å². The molecule has 1 aliphatic carbocycles. The van der Waals surface area contributed by atoms with Crippen molar-refractivity contribution < 1.29 is 4.21 Å². The lowest BCUT2D eigenvalue weighted by atomic mass is 9.81. The van der Waals surface area contributed by atoms with E-state index in [4.69, 9.17) is 0 Å². The normalized spacial score (nSPS) is 30.0. The highest BCUT2D eigenvalue weighted by Crippen LogP contribution is 2.35. The molecule has 100 valence electrons. The molecule has 0 radical (unpaired) electrons. The summed E-state index contributed by atoms with van der Waals surface area (Å²) in [7, 11) is 1.29. The van der Waals surface area contributed by atoms with Crippen LogP contribution in [0.25, 0.3) is 0 Å². The van der Waals surface area contributed by atoms with E-state index >= 15 is 0 Å². The molecule has 1 aromatic carbocycles. The first-order chi connectivity index (χ1) is 8.76. The lowest BCUT2D eigenvalue weighted by Gasteiger charge is -2.35. The smallest absolute Gasteiger partial charge is 0.0506 e. The van der Waals surface area contributed by atoms with E-state index in [9.17, 15) is 4.21 Å². The molecule has 4 unspecified atom stereocenters. The molecule has 3 heteroatoms. The summed E-state index contributed by atoms with van der Waals surface area (Å²) in [6, 6.07) is 11.1. The first-order valence-corrected chi connectivity index (χ1v) is 8.23. The van der Waals surface area contributed by atoms with Gasteiger partial charge in [0.25, 0.3) is 0 Å². The SMILES string of the molecule is CCS(=O)C1CC(c2ccccc2)CCC1NC. The van der Waals surface area contributed by atoms with E-state index in [2.05, 4.69) is 35.6 Å². The molecule has 1 fully saturated rings. The summed E-state index contributed by atoms with van der Waals surface area (Å²) in [6.07, 6.45) is 3.38. The van der Waals surface area contributed by atoms with Gasteiger partial charge in [0.2, 0.25) is 0 Å². The molecule has 1 saturated carbocycles. The van der Waals surface area contributed by atoms with E-state index in [1.165, 1.54) is 12.0 Å². The topological polar surface area (TPSA) is 29.1 Å². The molecule has 0 aliphatic heterocycles. The van der Waals surface area contributed by atoms with Crippen molar-refractivity contribution in [2.24, 2.45) is 0 Å². The molecular formula is C15H23NOS. The number of benzene rings is 1. The molecular weight excluding hydrogens is 242 g/mol. The van der Waals surface area contributed by atoms with Crippen LogP contribution in [0.2, 0.25) is 0 Å². The summed E-state index contributed by atoms with van der Waals surface area (Å²) in [5, 5.41) is 3.65. The van der Waals surface area contributed by atoms with E-state index in [0.717, 1.165) is 18.6 Å². The maximum absolute atomic E-state index is 12.2. The molecule has 0 saturated heterocycles. The highest BCUT2D eigenvalue weighted by atomic mass is 32.2. The molecule has 1 N–H and O–H groups in total. The van der Waals surface area contributed by atoms with Crippen molar-refractivity contribution in [3.8, 4) is 0 Å². The summed E-state index contributed by atoms with van der Waals surface area (Å²) in [5.74, 6) is 1.35. The van der Waals surface area contributed by atoms with Gasteiger partial charge in [-0.2, -0.15) is 0 Å². The van der Waals surface area contributed by atoms with Gasteiger partial charge in [0.05, 0.1) is 5.25 Å². The molecule has 2 nitrogen and oxygen atoms in total. The predicted octanol–water partition coefficient (Wildman–Crippen LogP) is 2.68. The molecule has 4 atom stereocenters. The van der Waals surface area contributed by atoms with Crippen molar-refractivity contribution >= 4 is 10.8 Å². The zero-order chi connectivity index (χ0) is 13.0. The van der Waals surface area contributed by atoms with Crippen molar-refractivity contribution in [2.45, 2.75) is 43.4 Å². The van der Waals surface area contributed by atoms with Gasteiger partial charge in [0.15, 0.2) is 0 Å². The lowest BCUT2D eigenvalue weighted by molar-refractivity contribution is 0.364. The summed E-state index contributed by atoms with van der Waals surface area (Å²) >= 11 is 0. The molecule has 0 heterocycles. The number of hydrogen-bond acceptors (Lipinski definition) is 2. The molecule has 0 spiro atoms. The fraction of sp³-hybridized carbons (Fsp3) is 0.600. The maximum Gasteiger partial charge on any atom is 0.0506 e. The van der Waals surface area contributed by atoms with Gasteiger partial charge in [-0.05, 0) is 37.8 Å². The van der Waals surface area contributed by atoms with Crippen molar-refractivity contribution in [3.63, 3.8) is 0 Å². The fourth-order valence-corrected chi connectivity index (χ4v) is 4.51. The standard InChI is InChI=1S/C15H23NOS/c1-3-18(17)15-11-13(9-10-14(15)16-2)12-7-5-4-6-8-12/h4-8,13-16H,3,9-11H2,1-2H3. The first kappa shape index (κ1) is 13.8. The zero-order valence-electron chi connectivity index (χ0n) is 11.3. The van der Waals surface area contributed by atoms with Gasteiger partial charge >= 0.3 is 0 Å². The van der Waals surface area contributed by atoms with Crippen LogP contribution in [0.4, 0.5) is 0 Å². The molecule has 2 rings (SSSR count). The van der Waals surface area contributed by atoms with Gasteiger partial charge in [-0.15, -0.1) is 0 Å². The van der Waals surface area contributed by atoms with Crippen LogP contribution in [-0.4, -0.2) is 28.3 Å². The van der Waals surface area contributed by atoms with Crippen molar-refractivity contribution in [1.29, 1.82) is 0 Å². The molecule has 0 aromatic heterocycles. The number of hydrogen-bond donors (Lipinski definition) is 1. The molecule has 18 heavy (non-hydrogen) atoms. The fourth-order valence-electron chi connectivity index (χ4n) is 2.99. The van der Waals surface area contributed by atoms with E-state index < -0.39 is 10.8 Å². The minimum Gasteiger partial charge on any atom is -0.316 e. The second kappa shape index (κ2) is 6.48. The Morgan fingerprint density at radius 3 is 2.61 bits per heavy atom. The minimum atomic E-state index is -0.700. The monoisotopic (exact) mass is 265 g/mol. The molecule has 1 aromatic rings.